The molecule has 0 radical (unpaired) electrons. The summed E-state index contributed by atoms with van der Waals surface area (Å²) < 4.78 is 0. The van der Waals surface area contributed by atoms with Crippen LogP contribution in [0.15, 0.2) is 0 Å². The van der Waals surface area contributed by atoms with Gasteiger partial charge in [-0.2, -0.15) is 0 Å². The van der Waals surface area contributed by atoms with Gasteiger partial charge in [-0.15, -0.1) is 13.2 Å². The van der Waals surface area contributed by atoms with Crippen LogP contribution < -0.4 is 20.4 Å². The van der Waals surface area contributed by atoms with E-state index in [1.54, 1.807) is 13.8 Å². The maximum Gasteiger partial charge on any atom is 4.00 e. The molecule has 0 fully saturated rings. The van der Waals surface area contributed by atoms with Crippen molar-refractivity contribution < 1.29 is 65.8 Å². The fourth-order valence-corrected chi connectivity index (χ4v) is 1.06. The smallest absolute Gasteiger partial charge is 0.855 e. The summed E-state index contributed by atoms with van der Waals surface area (Å²) in [4.78, 5) is 40.4. The van der Waals surface area contributed by atoms with Gasteiger partial charge in [-0.3, -0.25) is 9.59 Å². The Morgan fingerprint density at radius 2 is 0.840 bits per heavy atom. The van der Waals surface area contributed by atoms with Crippen LogP contribution in [0.1, 0.15) is 66.2 Å². The van der Waals surface area contributed by atoms with Crippen molar-refractivity contribution in [2.24, 2.45) is 0 Å². The van der Waals surface area contributed by atoms with E-state index in [-0.39, 0.29) is 51.0 Å². The Labute approximate surface area is 168 Å². The maximum absolute atomic E-state index is 10.4. The fraction of sp³-hybridized carbons (Fsp3) is 0.750. The van der Waals surface area contributed by atoms with Gasteiger partial charge >= 0.3 is 26.2 Å². The Balaban J connectivity index is -0.0000000788. The number of hydrogen-bond donors (Lipinski definition) is 0. The molecule has 0 bridgehead atoms. The second-order valence-electron chi connectivity index (χ2n) is 4.25. The first-order valence-electron chi connectivity index (χ1n) is 7.75. The van der Waals surface area contributed by atoms with Crippen LogP contribution in [0.25, 0.3) is 0 Å². The second-order valence-corrected chi connectivity index (χ2v) is 4.25. The minimum absolute atomic E-state index is 0. The average molecular weight is 440 g/mol. The zero-order valence-corrected chi connectivity index (χ0v) is 17.9. The summed E-state index contributed by atoms with van der Waals surface area (Å²) in [6, 6.07) is 0. The van der Waals surface area contributed by atoms with Crippen molar-refractivity contribution in [2.45, 2.75) is 66.2 Å². The quantitative estimate of drug-likeness (QED) is 0.382. The molecule has 0 aromatic carbocycles. The molecule has 0 aromatic rings. The molecule has 0 saturated heterocycles. The van der Waals surface area contributed by atoms with Crippen molar-refractivity contribution in [3.05, 3.63) is 0 Å². The monoisotopic (exact) mass is 438 g/mol. The molecule has 0 spiro atoms. The molecule has 0 aliphatic heterocycles. The average Bonchev–Trinajstić information content (AvgIpc) is 2.39. The van der Waals surface area contributed by atoms with Crippen molar-refractivity contribution in [2.75, 3.05) is 13.2 Å². The van der Waals surface area contributed by atoms with Crippen LogP contribution in [-0.2, 0) is 45.4 Å². The number of rotatable bonds is 8. The Morgan fingerprint density at radius 1 is 0.640 bits per heavy atom. The molecule has 0 rings (SSSR count). The minimum atomic E-state index is -1.28. The van der Waals surface area contributed by atoms with Crippen LogP contribution in [-0.4, -0.2) is 36.7 Å². The minimum Gasteiger partial charge on any atom is -0.855 e. The van der Waals surface area contributed by atoms with E-state index in [2.05, 4.69) is 0 Å². The van der Waals surface area contributed by atoms with E-state index < -0.39 is 24.8 Å². The van der Waals surface area contributed by atoms with E-state index in [9.17, 15) is 29.4 Å². The SMILES string of the molecule is CCCC(=O)CC(=O)[O-].CCCC(=O)CC(=O)[O-].CC[O-].CC[O-].[Zr+4]. The number of carbonyl (C=O) groups is 4. The third-order valence-corrected chi connectivity index (χ3v) is 1.74. The van der Waals surface area contributed by atoms with Crippen molar-refractivity contribution in [1.82, 2.24) is 0 Å². The van der Waals surface area contributed by atoms with Gasteiger partial charge < -0.3 is 30.0 Å². The van der Waals surface area contributed by atoms with Crippen LogP contribution in [0, 0.1) is 0 Å². The number of Topliss-reactive ketones (excluding diaryl/α,β-unsaturated/α-hetero) is 2. The summed E-state index contributed by atoms with van der Waals surface area (Å²) in [5, 5.41) is 37.4. The molecule has 9 heteroatoms. The molecule has 25 heavy (non-hydrogen) atoms. The first-order valence-corrected chi connectivity index (χ1v) is 7.75. The molecule has 0 aromatic heterocycles. The molecule has 0 N–H and O–H groups in total. The van der Waals surface area contributed by atoms with E-state index in [1.165, 1.54) is 0 Å². The van der Waals surface area contributed by atoms with Gasteiger partial charge in [-0.05, 0) is 12.8 Å². The van der Waals surface area contributed by atoms with Crippen molar-refractivity contribution in [3.63, 3.8) is 0 Å². The van der Waals surface area contributed by atoms with Gasteiger partial charge in [0, 0.05) is 37.6 Å². The number of aliphatic carboxylic acids is 2. The van der Waals surface area contributed by atoms with Gasteiger partial charge in [-0.25, -0.2) is 0 Å². The standard InChI is InChI=1S/2C6H10O3.2C2H5O.Zr/c2*1-2-3-5(7)4-6(8)9;2*1-2-3;/h2*2-4H2,1H3,(H,8,9);2*2H2,1H3;/q;;2*-1;+4/p-2. The molecule has 0 aliphatic rings. The molecule has 8 nitrogen and oxygen atoms in total. The third-order valence-electron chi connectivity index (χ3n) is 1.74. The van der Waals surface area contributed by atoms with E-state index in [4.69, 9.17) is 10.2 Å². The fourth-order valence-electron chi connectivity index (χ4n) is 1.06. The van der Waals surface area contributed by atoms with E-state index in [0.29, 0.717) is 25.7 Å². The summed E-state index contributed by atoms with van der Waals surface area (Å²) in [5.41, 5.74) is 0. The summed E-state index contributed by atoms with van der Waals surface area (Å²) in [6.45, 7) is 6.79. The van der Waals surface area contributed by atoms with Gasteiger partial charge in [0.2, 0.25) is 0 Å². The van der Waals surface area contributed by atoms with Gasteiger partial charge in [0.1, 0.15) is 11.6 Å². The number of carbonyl (C=O) groups excluding carboxylic acids is 4. The number of ketones is 2. The van der Waals surface area contributed by atoms with E-state index in [0.717, 1.165) is 0 Å². The Morgan fingerprint density at radius 3 is 0.960 bits per heavy atom. The Hall–Kier alpha value is -0.917. The van der Waals surface area contributed by atoms with Gasteiger partial charge in [0.25, 0.3) is 0 Å². The summed E-state index contributed by atoms with van der Waals surface area (Å²) >= 11 is 0. The number of carboxylic acid groups (broad SMARTS) is 2. The molecular weight excluding hydrogens is 411 g/mol. The summed E-state index contributed by atoms with van der Waals surface area (Å²) in [6.07, 6.45) is 1.21. The predicted molar refractivity (Wildman–Crippen MR) is 80.2 cm³/mol. The largest absolute Gasteiger partial charge is 4.00 e. The normalized spacial score (nSPS) is 7.92. The van der Waals surface area contributed by atoms with Crippen molar-refractivity contribution in [1.29, 1.82) is 0 Å². The van der Waals surface area contributed by atoms with E-state index in [1.807, 2.05) is 13.8 Å². The van der Waals surface area contributed by atoms with Gasteiger partial charge in [0.05, 0.1) is 0 Å². The molecule has 0 amide bonds. The zero-order valence-electron chi connectivity index (χ0n) is 15.4. The number of hydrogen-bond acceptors (Lipinski definition) is 8. The number of carboxylic acids is 2. The molecule has 0 aliphatic carbocycles. The molecule has 0 heterocycles. The predicted octanol–water partition coefficient (Wildman–Crippen LogP) is -2.28. The van der Waals surface area contributed by atoms with Crippen LogP contribution in [0.4, 0.5) is 0 Å². The zero-order chi connectivity index (χ0) is 20.0. The second kappa shape index (κ2) is 30.9. The van der Waals surface area contributed by atoms with Gasteiger partial charge in [0.15, 0.2) is 0 Å². The molecule has 0 saturated carbocycles. The summed E-state index contributed by atoms with van der Waals surface area (Å²) in [5.74, 6) is -3.07. The first-order chi connectivity index (χ1) is 11.2. The van der Waals surface area contributed by atoms with Crippen LogP contribution in [0.2, 0.25) is 0 Å². The van der Waals surface area contributed by atoms with Crippen molar-refractivity contribution in [3.8, 4) is 0 Å². The third kappa shape index (κ3) is 59.9. The van der Waals surface area contributed by atoms with E-state index >= 15 is 0 Å². The molecular formula is C16H28O8Zr. The van der Waals surface area contributed by atoms with Crippen LogP contribution in [0.5, 0.6) is 0 Å². The Bertz CT molecular complexity index is 300. The Kier molecular flexibility index (Phi) is 43.6. The van der Waals surface area contributed by atoms with Crippen molar-refractivity contribution >= 4 is 23.5 Å². The molecule has 0 atom stereocenters. The van der Waals surface area contributed by atoms with Crippen LogP contribution >= 0.6 is 0 Å². The molecule has 0 unspecified atom stereocenters. The maximum atomic E-state index is 10.4. The summed E-state index contributed by atoms with van der Waals surface area (Å²) in [7, 11) is 0. The first kappa shape index (κ1) is 35.2. The van der Waals surface area contributed by atoms with Crippen LogP contribution in [0.3, 0.4) is 0 Å². The van der Waals surface area contributed by atoms with Gasteiger partial charge in [-0.1, -0.05) is 27.7 Å². The molecule has 144 valence electrons. The topological polar surface area (TPSA) is 161 Å².